The van der Waals surface area contributed by atoms with Crippen molar-refractivity contribution in [3.8, 4) is 6.07 Å². The van der Waals surface area contributed by atoms with Crippen LogP contribution in [0, 0.1) is 23.1 Å². The molecule has 2 rings (SSSR count). The Kier molecular flexibility index (Phi) is 4.89. The van der Waals surface area contributed by atoms with Gasteiger partial charge in [-0.2, -0.15) is 5.26 Å². The van der Waals surface area contributed by atoms with Crippen molar-refractivity contribution >= 4 is 0 Å². The first-order valence-electron chi connectivity index (χ1n) is 6.64. The number of ether oxygens (including phenoxy) is 1. The summed E-state index contributed by atoms with van der Waals surface area (Å²) in [5, 5.41) is 8.71. The van der Waals surface area contributed by atoms with Crippen LogP contribution in [0.5, 0.6) is 0 Å². The smallest absolute Gasteiger partial charge is 0.129 e. The molecule has 4 heteroatoms. The first-order valence-corrected chi connectivity index (χ1v) is 6.64. The molecule has 0 saturated carbocycles. The summed E-state index contributed by atoms with van der Waals surface area (Å²) in [6, 6.07) is 6.62. The number of hydrogen-bond acceptors (Lipinski definition) is 3. The molecule has 19 heavy (non-hydrogen) atoms. The van der Waals surface area contributed by atoms with E-state index in [9.17, 15) is 4.39 Å². The van der Waals surface area contributed by atoms with Crippen molar-refractivity contribution in [2.24, 2.45) is 5.92 Å². The molecule has 1 aromatic rings. The van der Waals surface area contributed by atoms with E-state index in [2.05, 4.69) is 4.90 Å². The lowest BCUT2D eigenvalue weighted by Crippen LogP contribution is -2.29. The zero-order chi connectivity index (χ0) is 13.7. The lowest BCUT2D eigenvalue weighted by atomic mass is 9.99. The topological polar surface area (TPSA) is 36.3 Å². The first kappa shape index (κ1) is 14.0. The molecule has 102 valence electrons. The van der Waals surface area contributed by atoms with E-state index in [0.29, 0.717) is 23.6 Å². The van der Waals surface area contributed by atoms with Gasteiger partial charge in [-0.15, -0.1) is 0 Å². The predicted molar refractivity (Wildman–Crippen MR) is 71.0 cm³/mol. The molecule has 1 heterocycles. The normalized spacial score (nSPS) is 16.5. The predicted octanol–water partition coefficient (Wildman–Crippen LogP) is 2.56. The molecular formula is C15H19FN2O. The highest BCUT2D eigenvalue weighted by Crippen LogP contribution is 2.18. The van der Waals surface area contributed by atoms with Gasteiger partial charge in [0, 0.05) is 31.9 Å². The molecule has 0 unspecified atom stereocenters. The SMILES string of the molecule is CN(Cc1ccc(C#N)cc1F)CC1CCOCC1. The zero-order valence-corrected chi connectivity index (χ0v) is 11.2. The van der Waals surface area contributed by atoms with Gasteiger partial charge in [0.1, 0.15) is 5.82 Å². The number of nitriles is 1. The third-order valence-corrected chi connectivity index (χ3v) is 3.53. The van der Waals surface area contributed by atoms with E-state index in [4.69, 9.17) is 10.00 Å². The fourth-order valence-electron chi connectivity index (χ4n) is 2.47. The summed E-state index contributed by atoms with van der Waals surface area (Å²) in [4.78, 5) is 2.14. The van der Waals surface area contributed by atoms with Gasteiger partial charge in [0.05, 0.1) is 11.6 Å². The molecule has 1 aromatic carbocycles. The Labute approximate surface area is 113 Å². The van der Waals surface area contributed by atoms with Crippen molar-refractivity contribution in [1.82, 2.24) is 4.90 Å². The number of benzene rings is 1. The molecule has 0 bridgehead atoms. The van der Waals surface area contributed by atoms with Crippen LogP contribution >= 0.6 is 0 Å². The molecule has 0 aromatic heterocycles. The van der Waals surface area contributed by atoms with E-state index >= 15 is 0 Å². The molecule has 0 N–H and O–H groups in total. The summed E-state index contributed by atoms with van der Waals surface area (Å²) in [5.41, 5.74) is 1.02. The van der Waals surface area contributed by atoms with Crippen molar-refractivity contribution < 1.29 is 9.13 Å². The van der Waals surface area contributed by atoms with Gasteiger partial charge in [-0.1, -0.05) is 6.07 Å². The maximum absolute atomic E-state index is 13.8. The van der Waals surface area contributed by atoms with Crippen molar-refractivity contribution in [2.45, 2.75) is 19.4 Å². The van der Waals surface area contributed by atoms with Gasteiger partial charge in [-0.3, -0.25) is 0 Å². The van der Waals surface area contributed by atoms with E-state index in [1.54, 1.807) is 12.1 Å². The van der Waals surface area contributed by atoms with Crippen LogP contribution in [0.1, 0.15) is 24.0 Å². The minimum absolute atomic E-state index is 0.294. The Hall–Kier alpha value is -1.44. The summed E-state index contributed by atoms with van der Waals surface area (Å²) in [6.45, 7) is 3.21. The molecule has 1 aliphatic heterocycles. The van der Waals surface area contributed by atoms with Gasteiger partial charge in [0.15, 0.2) is 0 Å². The average Bonchev–Trinajstić information content (AvgIpc) is 2.42. The maximum Gasteiger partial charge on any atom is 0.129 e. The zero-order valence-electron chi connectivity index (χ0n) is 11.2. The van der Waals surface area contributed by atoms with Crippen LogP contribution in [0.15, 0.2) is 18.2 Å². The van der Waals surface area contributed by atoms with Crippen LogP contribution in [0.4, 0.5) is 4.39 Å². The molecular weight excluding hydrogens is 243 g/mol. The Morgan fingerprint density at radius 2 is 2.16 bits per heavy atom. The Morgan fingerprint density at radius 3 is 2.79 bits per heavy atom. The average molecular weight is 262 g/mol. The minimum atomic E-state index is -0.294. The fourth-order valence-corrected chi connectivity index (χ4v) is 2.47. The second-order valence-corrected chi connectivity index (χ2v) is 5.17. The summed E-state index contributed by atoms with van der Waals surface area (Å²) in [6.07, 6.45) is 2.17. The molecule has 1 fully saturated rings. The quantitative estimate of drug-likeness (QED) is 0.836. The van der Waals surface area contributed by atoms with Crippen molar-refractivity contribution in [3.63, 3.8) is 0 Å². The molecule has 1 aliphatic rings. The molecule has 3 nitrogen and oxygen atoms in total. The first-order chi connectivity index (χ1) is 9.19. The van der Waals surface area contributed by atoms with Crippen LogP contribution in [0.2, 0.25) is 0 Å². The van der Waals surface area contributed by atoms with Gasteiger partial charge < -0.3 is 9.64 Å². The number of hydrogen-bond donors (Lipinski definition) is 0. The summed E-state index contributed by atoms with van der Waals surface area (Å²) < 4.78 is 19.1. The third kappa shape index (κ3) is 4.02. The minimum Gasteiger partial charge on any atom is -0.381 e. The van der Waals surface area contributed by atoms with E-state index in [0.717, 1.165) is 32.6 Å². The highest BCUT2D eigenvalue weighted by molar-refractivity contribution is 5.32. The summed E-state index contributed by atoms with van der Waals surface area (Å²) >= 11 is 0. The number of nitrogens with zero attached hydrogens (tertiary/aromatic N) is 2. The van der Waals surface area contributed by atoms with Crippen molar-refractivity contribution in [3.05, 3.63) is 35.1 Å². The van der Waals surface area contributed by atoms with E-state index in [1.165, 1.54) is 6.07 Å². The van der Waals surface area contributed by atoms with Gasteiger partial charge in [0.2, 0.25) is 0 Å². The summed E-state index contributed by atoms with van der Waals surface area (Å²) in [7, 11) is 2.01. The molecule has 0 spiro atoms. The van der Waals surface area contributed by atoms with E-state index in [1.807, 2.05) is 13.1 Å². The standard InChI is InChI=1S/C15H19FN2O/c1-18(10-12-4-6-19-7-5-12)11-14-3-2-13(9-17)8-15(14)16/h2-3,8,12H,4-7,10-11H2,1H3. The Bertz CT molecular complexity index is 464. The second-order valence-electron chi connectivity index (χ2n) is 5.17. The van der Waals surface area contributed by atoms with Gasteiger partial charge in [0.25, 0.3) is 0 Å². The van der Waals surface area contributed by atoms with Crippen LogP contribution in [0.25, 0.3) is 0 Å². The second kappa shape index (κ2) is 6.65. The monoisotopic (exact) mass is 262 g/mol. The lowest BCUT2D eigenvalue weighted by molar-refractivity contribution is 0.0548. The van der Waals surface area contributed by atoms with Gasteiger partial charge in [-0.05, 0) is 37.9 Å². The lowest BCUT2D eigenvalue weighted by Gasteiger charge is -2.27. The highest BCUT2D eigenvalue weighted by atomic mass is 19.1. The molecule has 0 atom stereocenters. The maximum atomic E-state index is 13.8. The van der Waals surface area contributed by atoms with Crippen LogP contribution < -0.4 is 0 Å². The fraction of sp³-hybridized carbons (Fsp3) is 0.533. The van der Waals surface area contributed by atoms with Crippen molar-refractivity contribution in [1.29, 1.82) is 5.26 Å². The molecule has 0 aliphatic carbocycles. The highest BCUT2D eigenvalue weighted by Gasteiger charge is 2.16. The third-order valence-electron chi connectivity index (χ3n) is 3.53. The number of halogens is 1. The largest absolute Gasteiger partial charge is 0.381 e. The number of rotatable bonds is 4. The Balaban J connectivity index is 1.91. The van der Waals surface area contributed by atoms with Crippen LogP contribution in [-0.4, -0.2) is 31.7 Å². The van der Waals surface area contributed by atoms with Crippen LogP contribution in [0.3, 0.4) is 0 Å². The summed E-state index contributed by atoms with van der Waals surface area (Å²) in [5.74, 6) is 0.345. The van der Waals surface area contributed by atoms with Crippen LogP contribution in [-0.2, 0) is 11.3 Å². The van der Waals surface area contributed by atoms with E-state index < -0.39 is 0 Å². The molecule has 0 radical (unpaired) electrons. The molecule has 1 saturated heterocycles. The van der Waals surface area contributed by atoms with E-state index in [-0.39, 0.29) is 5.82 Å². The van der Waals surface area contributed by atoms with Gasteiger partial charge >= 0.3 is 0 Å². The Morgan fingerprint density at radius 1 is 1.42 bits per heavy atom. The molecule has 0 amide bonds. The van der Waals surface area contributed by atoms with Crippen molar-refractivity contribution in [2.75, 3.05) is 26.8 Å². The van der Waals surface area contributed by atoms with Gasteiger partial charge in [-0.25, -0.2) is 4.39 Å².